The van der Waals surface area contributed by atoms with Crippen LogP contribution in [-0.4, -0.2) is 34.1 Å². The molecule has 4 aliphatic rings. The second kappa shape index (κ2) is 9.50. The van der Waals surface area contributed by atoms with E-state index in [1.54, 1.807) is 4.90 Å². The van der Waals surface area contributed by atoms with Gasteiger partial charge in [0.25, 0.3) is 5.56 Å². The van der Waals surface area contributed by atoms with E-state index in [0.29, 0.717) is 67.0 Å². The molecular formula is C28H26F3N3O4. The van der Waals surface area contributed by atoms with E-state index in [2.05, 4.69) is 5.10 Å². The molecule has 2 aromatic rings. The monoisotopic (exact) mass is 525 g/mol. The minimum Gasteiger partial charge on any atom is -0.465 e. The Morgan fingerprint density at radius 2 is 1.89 bits per heavy atom. The Morgan fingerprint density at radius 3 is 2.63 bits per heavy atom. The molecule has 6 rings (SSSR count). The largest absolute Gasteiger partial charge is 0.465 e. The zero-order chi connectivity index (χ0) is 26.4. The van der Waals surface area contributed by atoms with Gasteiger partial charge in [0.05, 0.1) is 17.4 Å². The lowest BCUT2D eigenvalue weighted by Crippen LogP contribution is -2.29. The van der Waals surface area contributed by atoms with Crippen molar-refractivity contribution in [1.29, 1.82) is 0 Å². The van der Waals surface area contributed by atoms with E-state index in [0.717, 1.165) is 29.2 Å². The summed E-state index contributed by atoms with van der Waals surface area (Å²) < 4.78 is 55.0. The summed E-state index contributed by atoms with van der Waals surface area (Å²) in [6.45, 7) is 0.808. The molecule has 7 nitrogen and oxygen atoms in total. The highest BCUT2D eigenvalue weighted by Gasteiger charge is 2.37. The van der Waals surface area contributed by atoms with E-state index in [-0.39, 0.29) is 11.4 Å². The van der Waals surface area contributed by atoms with Crippen molar-refractivity contribution in [2.24, 2.45) is 0 Å². The second-order valence-electron chi connectivity index (χ2n) is 9.83. The Balaban J connectivity index is 1.47. The first kappa shape index (κ1) is 24.5. The van der Waals surface area contributed by atoms with E-state index in [1.807, 2.05) is 18.2 Å². The third-order valence-electron chi connectivity index (χ3n) is 7.33. The summed E-state index contributed by atoms with van der Waals surface area (Å²) in [5.41, 5.74) is 0.933. The molecule has 0 spiro atoms. The van der Waals surface area contributed by atoms with Crippen LogP contribution in [-0.2, 0) is 28.5 Å². The molecule has 0 radical (unpaired) electrons. The van der Waals surface area contributed by atoms with Gasteiger partial charge in [-0.25, -0.2) is 0 Å². The summed E-state index contributed by atoms with van der Waals surface area (Å²) in [6, 6.07) is 3.67. The van der Waals surface area contributed by atoms with Crippen LogP contribution in [0.4, 0.5) is 18.9 Å². The maximum absolute atomic E-state index is 14.2. The molecule has 1 fully saturated rings. The molecule has 1 saturated heterocycles. The first-order valence-corrected chi connectivity index (χ1v) is 12.7. The third kappa shape index (κ3) is 4.42. The van der Waals surface area contributed by atoms with Gasteiger partial charge in [-0.3, -0.25) is 4.79 Å². The van der Waals surface area contributed by atoms with Crippen molar-refractivity contribution in [2.75, 3.05) is 18.0 Å². The Kier molecular flexibility index (Phi) is 6.14. The highest BCUT2D eigenvalue weighted by molar-refractivity contribution is 5.64. The average molecular weight is 526 g/mol. The quantitative estimate of drug-likeness (QED) is 0.620. The number of hydrogen-bond donors (Lipinski definition) is 1. The SMILES string of the molecule is O=c1c2c(c(C3=COC=C(C4=CC=CCC4)O3)nn1-c1cc(N3CC[C@H](O)C3)ccc1C(F)(F)F)CCC2. The number of fused-ring (bicyclic) bond motifs is 1. The number of aliphatic hydroxyl groups is 1. The van der Waals surface area contributed by atoms with E-state index >= 15 is 0 Å². The lowest BCUT2D eigenvalue weighted by molar-refractivity contribution is -0.137. The van der Waals surface area contributed by atoms with Crippen molar-refractivity contribution < 1.29 is 27.8 Å². The predicted octanol–water partition coefficient (Wildman–Crippen LogP) is 4.77. The molecule has 38 heavy (non-hydrogen) atoms. The number of benzene rings is 1. The van der Waals surface area contributed by atoms with Crippen molar-refractivity contribution in [3.63, 3.8) is 0 Å². The average Bonchev–Trinajstić information content (AvgIpc) is 3.59. The number of aromatic nitrogens is 2. The fourth-order valence-electron chi connectivity index (χ4n) is 5.42. The Morgan fingerprint density at radius 1 is 1.08 bits per heavy atom. The molecule has 0 bridgehead atoms. The lowest BCUT2D eigenvalue weighted by atomic mass is 10.0. The zero-order valence-electron chi connectivity index (χ0n) is 20.5. The summed E-state index contributed by atoms with van der Waals surface area (Å²) in [5, 5.41) is 14.4. The van der Waals surface area contributed by atoms with Crippen molar-refractivity contribution in [2.45, 2.75) is 50.8 Å². The fourth-order valence-corrected chi connectivity index (χ4v) is 5.42. The summed E-state index contributed by atoms with van der Waals surface area (Å²) in [4.78, 5) is 15.3. The zero-order valence-corrected chi connectivity index (χ0v) is 20.5. The minimum atomic E-state index is -4.71. The smallest absolute Gasteiger partial charge is 0.418 e. The second-order valence-corrected chi connectivity index (χ2v) is 9.83. The highest BCUT2D eigenvalue weighted by atomic mass is 19.4. The van der Waals surface area contributed by atoms with Crippen molar-refractivity contribution >= 4 is 11.4 Å². The molecule has 1 atom stereocenters. The van der Waals surface area contributed by atoms with E-state index in [9.17, 15) is 23.1 Å². The van der Waals surface area contributed by atoms with Crippen LogP contribution in [0.25, 0.3) is 11.4 Å². The first-order chi connectivity index (χ1) is 18.3. The lowest BCUT2D eigenvalue weighted by Gasteiger charge is -2.23. The van der Waals surface area contributed by atoms with Gasteiger partial charge in [-0.05, 0) is 67.9 Å². The third-order valence-corrected chi connectivity index (χ3v) is 7.33. The maximum Gasteiger partial charge on any atom is 0.418 e. The molecule has 0 saturated carbocycles. The normalized spacial score (nSPS) is 20.9. The van der Waals surface area contributed by atoms with Crippen LogP contribution in [0, 0.1) is 0 Å². The molecule has 2 aliphatic heterocycles. The van der Waals surface area contributed by atoms with E-state index in [4.69, 9.17) is 9.47 Å². The molecule has 198 valence electrons. The van der Waals surface area contributed by atoms with Crippen LogP contribution in [0.1, 0.15) is 48.1 Å². The molecule has 0 amide bonds. The van der Waals surface area contributed by atoms with Gasteiger partial charge in [0.2, 0.25) is 0 Å². The number of rotatable bonds is 4. The van der Waals surface area contributed by atoms with Gasteiger partial charge in [-0.2, -0.15) is 23.0 Å². The summed E-state index contributed by atoms with van der Waals surface area (Å²) in [5.74, 6) is 0.751. The van der Waals surface area contributed by atoms with Gasteiger partial charge in [0.15, 0.2) is 11.5 Å². The number of hydrogen-bond acceptors (Lipinski definition) is 6. The Bertz CT molecular complexity index is 1470. The van der Waals surface area contributed by atoms with Gasteiger partial charge in [0.1, 0.15) is 18.2 Å². The van der Waals surface area contributed by atoms with Gasteiger partial charge in [0, 0.05) is 24.3 Å². The van der Waals surface area contributed by atoms with Gasteiger partial charge >= 0.3 is 6.18 Å². The molecule has 1 aromatic carbocycles. The van der Waals surface area contributed by atoms with Crippen LogP contribution in [0.3, 0.4) is 0 Å². The van der Waals surface area contributed by atoms with Crippen LogP contribution < -0.4 is 10.5 Å². The number of β-amino-alcohol motifs (C(OH)–C–C–N with tert-alkyl or cyclic N) is 1. The number of alkyl halides is 3. The van der Waals surface area contributed by atoms with Crippen LogP contribution in [0.15, 0.2) is 65.1 Å². The number of anilines is 1. The van der Waals surface area contributed by atoms with Crippen LogP contribution in [0.5, 0.6) is 0 Å². The Labute approximate surface area is 216 Å². The van der Waals surface area contributed by atoms with Gasteiger partial charge in [-0.15, -0.1) is 0 Å². The fraction of sp³-hybridized carbons (Fsp3) is 0.357. The van der Waals surface area contributed by atoms with Gasteiger partial charge in [-0.1, -0.05) is 18.2 Å². The highest BCUT2D eigenvalue weighted by Crippen LogP contribution is 2.38. The topological polar surface area (TPSA) is 76.8 Å². The Hall–Kier alpha value is -3.79. The van der Waals surface area contributed by atoms with Gasteiger partial charge < -0.3 is 19.5 Å². The van der Waals surface area contributed by atoms with Crippen molar-refractivity contribution in [3.8, 4) is 5.69 Å². The van der Waals surface area contributed by atoms with E-state index in [1.165, 1.54) is 24.7 Å². The molecular weight excluding hydrogens is 499 g/mol. The number of halogens is 3. The first-order valence-electron chi connectivity index (χ1n) is 12.7. The minimum absolute atomic E-state index is 0.247. The standard InChI is InChI=1S/C28H26F3N3O4/c29-28(30,31)22-10-9-18(33-12-11-19(35)14-33)13-23(22)34-27(36)21-8-4-7-20(21)26(32-34)25-16-37-15-24(38-25)17-5-2-1-3-6-17/h1-2,5,9-10,13,15-16,19,35H,3-4,6-8,11-12,14H2/t19-/m0/s1. The number of nitrogens with zero attached hydrogens (tertiary/aromatic N) is 3. The number of aliphatic hydroxyl groups excluding tert-OH is 1. The number of allylic oxidation sites excluding steroid dienone is 4. The molecule has 3 heterocycles. The summed E-state index contributed by atoms with van der Waals surface area (Å²) >= 11 is 0. The molecule has 1 aromatic heterocycles. The maximum atomic E-state index is 14.2. The molecule has 2 aliphatic carbocycles. The molecule has 10 heteroatoms. The summed E-state index contributed by atoms with van der Waals surface area (Å²) in [6.07, 6.45) is 7.33. The molecule has 0 unspecified atom stereocenters. The van der Waals surface area contributed by atoms with Crippen LogP contribution in [0.2, 0.25) is 0 Å². The van der Waals surface area contributed by atoms with Crippen molar-refractivity contribution in [3.05, 3.63) is 93.0 Å². The van der Waals surface area contributed by atoms with Crippen molar-refractivity contribution in [1.82, 2.24) is 9.78 Å². The number of ether oxygens (including phenoxy) is 2. The summed E-state index contributed by atoms with van der Waals surface area (Å²) in [7, 11) is 0. The molecule has 1 N–H and O–H groups in total. The van der Waals surface area contributed by atoms with Crippen LogP contribution >= 0.6 is 0 Å². The van der Waals surface area contributed by atoms with E-state index < -0.39 is 23.4 Å². The predicted molar refractivity (Wildman–Crippen MR) is 134 cm³/mol.